The quantitative estimate of drug-likeness (QED) is 0.277. The van der Waals surface area contributed by atoms with Gasteiger partial charge in [0.1, 0.15) is 11.3 Å². The molecule has 0 amide bonds. The van der Waals surface area contributed by atoms with E-state index in [1.165, 1.54) is 0 Å². The Hall–Kier alpha value is -2.27. The molecule has 2 unspecified atom stereocenters. The zero-order valence-corrected chi connectivity index (χ0v) is 20.3. The van der Waals surface area contributed by atoms with Crippen molar-refractivity contribution in [3.63, 3.8) is 0 Å². The maximum absolute atomic E-state index is 13.5. The van der Waals surface area contributed by atoms with Gasteiger partial charge in [-0.15, -0.1) is 0 Å². The Balaban J connectivity index is 3.89. The number of allylic oxidation sites excluding steroid dienone is 6. The molecule has 0 radical (unpaired) electrons. The lowest BCUT2D eigenvalue weighted by Crippen LogP contribution is -2.57. The molecule has 2 N–H and O–H groups in total. The van der Waals surface area contributed by atoms with Crippen molar-refractivity contribution >= 4 is 17.3 Å². The number of Topliss-reactive ketones (excluding diaryl/α,β-unsaturated/α-hetero) is 3. The zero-order chi connectivity index (χ0) is 24.1. The summed E-state index contributed by atoms with van der Waals surface area (Å²) in [4.78, 5) is 39.9. The summed E-state index contributed by atoms with van der Waals surface area (Å²) >= 11 is 0. The van der Waals surface area contributed by atoms with Gasteiger partial charge >= 0.3 is 0 Å². The minimum atomic E-state index is -2.51. The number of rotatable bonds is 10. The van der Waals surface area contributed by atoms with Gasteiger partial charge in [0, 0.05) is 12.3 Å². The molecule has 0 aliphatic heterocycles. The standard InChI is InChI=1S/C26H38O5/c1-9-19(8)22(28)21-23(29)25(14-12-17(4)5,15-13-18(6)7)26(31,24(21)30)20(27)11-10-16(2)3/h10,12-13,19,29,31H,9,11,14-15H2,1-8H3. The molecular weight excluding hydrogens is 392 g/mol. The number of aliphatic hydroxyl groups is 2. The van der Waals surface area contributed by atoms with Crippen molar-refractivity contribution in [2.75, 3.05) is 0 Å². The lowest BCUT2D eigenvalue weighted by atomic mass is 9.65. The van der Waals surface area contributed by atoms with Crippen molar-refractivity contribution in [1.29, 1.82) is 0 Å². The summed E-state index contributed by atoms with van der Waals surface area (Å²) in [5, 5.41) is 23.1. The molecule has 0 heterocycles. The first kappa shape index (κ1) is 26.8. The second-order valence-electron chi connectivity index (χ2n) is 9.40. The van der Waals surface area contributed by atoms with Crippen molar-refractivity contribution in [1.82, 2.24) is 0 Å². The van der Waals surface area contributed by atoms with Gasteiger partial charge in [0.2, 0.25) is 5.78 Å². The molecule has 1 aliphatic rings. The van der Waals surface area contributed by atoms with Crippen molar-refractivity contribution in [3.8, 4) is 0 Å². The fourth-order valence-electron chi connectivity index (χ4n) is 3.74. The highest BCUT2D eigenvalue weighted by Crippen LogP contribution is 2.54. The highest BCUT2D eigenvalue weighted by molar-refractivity contribution is 6.32. The Morgan fingerprint density at radius 1 is 0.935 bits per heavy atom. The Labute approximate surface area is 186 Å². The minimum absolute atomic E-state index is 0.0605. The number of hydrogen-bond acceptors (Lipinski definition) is 5. The van der Waals surface area contributed by atoms with E-state index >= 15 is 0 Å². The predicted molar refractivity (Wildman–Crippen MR) is 124 cm³/mol. The van der Waals surface area contributed by atoms with E-state index in [2.05, 4.69) is 0 Å². The fraction of sp³-hybridized carbons (Fsp3) is 0.577. The fourth-order valence-corrected chi connectivity index (χ4v) is 3.74. The van der Waals surface area contributed by atoms with Gasteiger partial charge in [0.15, 0.2) is 17.2 Å². The first-order valence-electron chi connectivity index (χ1n) is 10.9. The SMILES string of the molecule is CCC(C)C(=O)C1=C(O)C(CC=C(C)C)(CC=C(C)C)C(O)(C(=O)CC=C(C)C)C1=O. The molecule has 1 aliphatic carbocycles. The number of aliphatic hydroxyl groups excluding tert-OH is 1. The van der Waals surface area contributed by atoms with Gasteiger partial charge in [-0.05, 0) is 60.8 Å². The number of hydrogen-bond donors (Lipinski definition) is 2. The molecule has 0 aromatic rings. The third-order valence-corrected chi connectivity index (χ3v) is 6.06. The van der Waals surface area contributed by atoms with Crippen LogP contribution in [0, 0.1) is 11.3 Å². The molecule has 0 saturated heterocycles. The Kier molecular flexibility index (Phi) is 8.95. The maximum Gasteiger partial charge on any atom is 0.210 e. The van der Waals surface area contributed by atoms with Gasteiger partial charge in [-0.25, -0.2) is 0 Å². The van der Waals surface area contributed by atoms with E-state index in [-0.39, 0.29) is 19.3 Å². The molecule has 0 fully saturated rings. The summed E-state index contributed by atoms with van der Waals surface area (Å²) in [5.74, 6) is -3.20. The number of carbonyl (C=O) groups excluding carboxylic acids is 3. The van der Waals surface area contributed by atoms with Crippen LogP contribution in [0.3, 0.4) is 0 Å². The van der Waals surface area contributed by atoms with Gasteiger partial charge in [-0.1, -0.05) is 48.8 Å². The van der Waals surface area contributed by atoms with Crippen LogP contribution in [-0.4, -0.2) is 33.2 Å². The van der Waals surface area contributed by atoms with Crippen LogP contribution in [-0.2, 0) is 14.4 Å². The van der Waals surface area contributed by atoms with Gasteiger partial charge in [0.25, 0.3) is 0 Å². The molecule has 0 aromatic carbocycles. The van der Waals surface area contributed by atoms with Gasteiger partial charge < -0.3 is 10.2 Å². The summed E-state index contributed by atoms with van der Waals surface area (Å²) in [6.45, 7) is 14.6. The van der Waals surface area contributed by atoms with E-state index in [0.717, 1.165) is 16.7 Å². The van der Waals surface area contributed by atoms with Crippen LogP contribution in [0.25, 0.3) is 0 Å². The molecule has 0 saturated carbocycles. The van der Waals surface area contributed by atoms with Gasteiger partial charge in [-0.2, -0.15) is 0 Å². The van der Waals surface area contributed by atoms with Crippen LogP contribution < -0.4 is 0 Å². The van der Waals surface area contributed by atoms with Crippen molar-refractivity contribution in [3.05, 3.63) is 46.3 Å². The normalized spacial score (nSPS) is 20.9. The van der Waals surface area contributed by atoms with Crippen LogP contribution in [0.5, 0.6) is 0 Å². The Morgan fingerprint density at radius 2 is 1.39 bits per heavy atom. The van der Waals surface area contributed by atoms with Gasteiger partial charge in [-0.3, -0.25) is 14.4 Å². The van der Waals surface area contributed by atoms with Crippen molar-refractivity contribution in [2.45, 2.75) is 86.7 Å². The smallest absolute Gasteiger partial charge is 0.210 e. The van der Waals surface area contributed by atoms with E-state index in [1.54, 1.807) is 25.2 Å². The van der Waals surface area contributed by atoms with Crippen LogP contribution in [0.1, 0.15) is 81.1 Å². The average Bonchev–Trinajstić information content (AvgIpc) is 2.86. The first-order valence-corrected chi connectivity index (χ1v) is 10.9. The number of ketones is 3. The third kappa shape index (κ3) is 5.15. The minimum Gasteiger partial charge on any atom is -0.511 e. The van der Waals surface area contributed by atoms with E-state index < -0.39 is 45.6 Å². The molecule has 31 heavy (non-hydrogen) atoms. The highest BCUT2D eigenvalue weighted by atomic mass is 16.3. The zero-order valence-electron chi connectivity index (χ0n) is 20.3. The third-order valence-electron chi connectivity index (χ3n) is 6.06. The van der Waals surface area contributed by atoms with E-state index in [0.29, 0.717) is 6.42 Å². The van der Waals surface area contributed by atoms with Gasteiger partial charge in [0.05, 0.1) is 5.41 Å². The summed E-state index contributed by atoms with van der Waals surface area (Å²) in [6.07, 6.45) is 5.66. The van der Waals surface area contributed by atoms with Crippen LogP contribution >= 0.6 is 0 Å². The molecular formula is C26H38O5. The predicted octanol–water partition coefficient (Wildman–Crippen LogP) is 5.35. The van der Waals surface area contributed by atoms with Crippen LogP contribution in [0.15, 0.2) is 46.3 Å². The molecule has 0 bridgehead atoms. The molecule has 5 nitrogen and oxygen atoms in total. The van der Waals surface area contributed by atoms with Crippen LogP contribution in [0.2, 0.25) is 0 Å². The average molecular weight is 431 g/mol. The summed E-state index contributed by atoms with van der Waals surface area (Å²) in [7, 11) is 0. The van der Waals surface area contributed by atoms with E-state index in [1.807, 2.05) is 48.5 Å². The molecule has 0 aromatic heterocycles. The lowest BCUT2D eigenvalue weighted by molar-refractivity contribution is -0.159. The molecule has 2 atom stereocenters. The number of carbonyl (C=O) groups is 3. The second kappa shape index (κ2) is 10.4. The summed E-state index contributed by atoms with van der Waals surface area (Å²) in [6, 6.07) is 0. The van der Waals surface area contributed by atoms with Crippen LogP contribution in [0.4, 0.5) is 0 Å². The summed E-state index contributed by atoms with van der Waals surface area (Å²) < 4.78 is 0. The monoisotopic (exact) mass is 430 g/mol. The largest absolute Gasteiger partial charge is 0.511 e. The molecule has 172 valence electrons. The molecule has 0 spiro atoms. The first-order chi connectivity index (χ1) is 14.3. The summed E-state index contributed by atoms with van der Waals surface area (Å²) in [5.41, 5.74) is -1.86. The van der Waals surface area contributed by atoms with Crippen molar-refractivity contribution in [2.24, 2.45) is 11.3 Å². The highest BCUT2D eigenvalue weighted by Gasteiger charge is 2.68. The van der Waals surface area contributed by atoms with Crippen molar-refractivity contribution < 1.29 is 24.6 Å². The van der Waals surface area contributed by atoms with E-state index in [9.17, 15) is 24.6 Å². The molecule has 5 heteroatoms. The maximum atomic E-state index is 13.5. The lowest BCUT2D eigenvalue weighted by Gasteiger charge is -2.39. The van der Waals surface area contributed by atoms with E-state index in [4.69, 9.17) is 0 Å². The second-order valence-corrected chi connectivity index (χ2v) is 9.40. The topological polar surface area (TPSA) is 91.7 Å². The molecule has 1 rings (SSSR count). The Bertz CT molecular complexity index is 836. The Morgan fingerprint density at radius 3 is 1.77 bits per heavy atom.